The van der Waals surface area contributed by atoms with Crippen LogP contribution in [-0.4, -0.2) is 31.3 Å². The number of methoxy groups -OCH3 is 1. The minimum absolute atomic E-state index is 0.0905. The first-order valence-electron chi connectivity index (χ1n) is 9.09. The first-order chi connectivity index (χ1) is 14.2. The maximum Gasteiger partial charge on any atom is 0.344 e. The summed E-state index contributed by atoms with van der Waals surface area (Å²) in [6.07, 6.45) is 0. The molecule has 3 rings (SSSR count). The number of esters is 1. The molecular weight excluding hydrogens is 368 g/mol. The van der Waals surface area contributed by atoms with Gasteiger partial charge in [-0.2, -0.15) is 5.26 Å². The minimum Gasteiger partial charge on any atom is -0.497 e. The molecule has 29 heavy (non-hydrogen) atoms. The summed E-state index contributed by atoms with van der Waals surface area (Å²) in [4.78, 5) is 16.2. The smallest absolute Gasteiger partial charge is 0.344 e. The largest absolute Gasteiger partial charge is 0.497 e. The number of hydrogen-bond acceptors (Lipinski definition) is 6. The molecule has 0 unspecified atom stereocenters. The third kappa shape index (κ3) is 4.71. The molecular formula is C23H20N2O4. The Morgan fingerprint density at radius 3 is 2.41 bits per heavy atom. The van der Waals surface area contributed by atoms with Crippen LogP contribution >= 0.6 is 0 Å². The average Bonchev–Trinajstić information content (AvgIpc) is 2.78. The predicted octanol–water partition coefficient (Wildman–Crippen LogP) is 4.24. The van der Waals surface area contributed by atoms with E-state index in [0.717, 1.165) is 11.1 Å². The van der Waals surface area contributed by atoms with E-state index in [4.69, 9.17) is 14.2 Å². The molecule has 0 aliphatic carbocycles. The highest BCUT2D eigenvalue weighted by Crippen LogP contribution is 2.34. The van der Waals surface area contributed by atoms with Gasteiger partial charge >= 0.3 is 5.97 Å². The first kappa shape index (κ1) is 19.9. The van der Waals surface area contributed by atoms with Gasteiger partial charge in [-0.05, 0) is 30.7 Å². The Balaban J connectivity index is 2.10. The van der Waals surface area contributed by atoms with Crippen LogP contribution in [-0.2, 0) is 9.53 Å². The highest BCUT2D eigenvalue weighted by atomic mass is 16.6. The molecule has 0 amide bonds. The van der Waals surface area contributed by atoms with Gasteiger partial charge in [-0.1, -0.05) is 42.5 Å². The Morgan fingerprint density at radius 2 is 1.79 bits per heavy atom. The Bertz CT molecular complexity index is 1030. The van der Waals surface area contributed by atoms with Crippen LogP contribution < -0.4 is 9.47 Å². The zero-order chi connectivity index (χ0) is 20.6. The van der Waals surface area contributed by atoms with Crippen LogP contribution in [0.25, 0.3) is 22.4 Å². The molecule has 0 saturated heterocycles. The fourth-order valence-electron chi connectivity index (χ4n) is 2.82. The summed E-state index contributed by atoms with van der Waals surface area (Å²) in [6, 6.07) is 20.9. The Kier molecular flexibility index (Phi) is 6.43. The standard InChI is InChI=1S/C23H20N2O4/c1-3-28-22(26)15-29-23-20(14-24)19(16-9-11-18(27-2)12-10-16)13-21(25-23)17-7-5-4-6-8-17/h4-13H,3,15H2,1-2H3. The van der Waals surface area contributed by atoms with E-state index < -0.39 is 5.97 Å². The Hall–Kier alpha value is -3.85. The average molecular weight is 388 g/mol. The summed E-state index contributed by atoms with van der Waals surface area (Å²) < 4.78 is 15.7. The fraction of sp³-hybridized carbons (Fsp3) is 0.174. The van der Waals surface area contributed by atoms with Crippen molar-refractivity contribution in [3.8, 4) is 40.1 Å². The molecule has 0 saturated carbocycles. The zero-order valence-electron chi connectivity index (χ0n) is 16.2. The van der Waals surface area contributed by atoms with Gasteiger partial charge in [0, 0.05) is 11.1 Å². The number of benzene rings is 2. The molecule has 0 spiro atoms. The molecule has 0 radical (unpaired) electrons. The second kappa shape index (κ2) is 9.38. The molecule has 0 atom stereocenters. The van der Waals surface area contributed by atoms with Gasteiger partial charge in [-0.25, -0.2) is 9.78 Å². The van der Waals surface area contributed by atoms with Crippen molar-refractivity contribution in [1.29, 1.82) is 5.26 Å². The molecule has 146 valence electrons. The van der Waals surface area contributed by atoms with E-state index >= 15 is 0 Å². The fourth-order valence-corrected chi connectivity index (χ4v) is 2.82. The van der Waals surface area contributed by atoms with Crippen molar-refractivity contribution in [3.05, 3.63) is 66.2 Å². The van der Waals surface area contributed by atoms with Gasteiger partial charge in [0.05, 0.1) is 19.4 Å². The lowest BCUT2D eigenvalue weighted by Gasteiger charge is -2.13. The Morgan fingerprint density at radius 1 is 1.07 bits per heavy atom. The second-order valence-corrected chi connectivity index (χ2v) is 6.04. The molecule has 3 aromatic rings. The molecule has 0 aliphatic heterocycles. The summed E-state index contributed by atoms with van der Waals surface area (Å²) in [5.74, 6) is 0.283. The number of pyridine rings is 1. The number of nitrogens with zero attached hydrogens (tertiary/aromatic N) is 2. The summed E-state index contributed by atoms with van der Waals surface area (Å²) >= 11 is 0. The number of carbonyl (C=O) groups excluding carboxylic acids is 1. The van der Waals surface area contributed by atoms with Gasteiger partial charge in [0.2, 0.25) is 5.88 Å². The molecule has 1 heterocycles. The zero-order valence-corrected chi connectivity index (χ0v) is 16.2. The lowest BCUT2D eigenvalue weighted by Crippen LogP contribution is -2.16. The summed E-state index contributed by atoms with van der Waals surface area (Å²) in [5.41, 5.74) is 3.21. The van der Waals surface area contributed by atoms with Crippen LogP contribution in [0.4, 0.5) is 0 Å². The van der Waals surface area contributed by atoms with Crippen molar-refractivity contribution in [3.63, 3.8) is 0 Å². The quantitative estimate of drug-likeness (QED) is 0.563. The van der Waals surface area contributed by atoms with E-state index in [1.54, 1.807) is 14.0 Å². The van der Waals surface area contributed by atoms with Crippen molar-refractivity contribution < 1.29 is 19.0 Å². The molecule has 6 heteroatoms. The summed E-state index contributed by atoms with van der Waals surface area (Å²) in [6.45, 7) is 1.65. The number of hydrogen-bond donors (Lipinski definition) is 0. The van der Waals surface area contributed by atoms with Crippen molar-refractivity contribution in [2.24, 2.45) is 0 Å². The van der Waals surface area contributed by atoms with Gasteiger partial charge in [0.25, 0.3) is 0 Å². The van der Waals surface area contributed by atoms with Crippen LogP contribution in [0.2, 0.25) is 0 Å². The van der Waals surface area contributed by atoms with E-state index in [0.29, 0.717) is 17.0 Å². The molecule has 0 bridgehead atoms. The second-order valence-electron chi connectivity index (χ2n) is 6.04. The van der Waals surface area contributed by atoms with E-state index in [1.165, 1.54) is 0 Å². The van der Waals surface area contributed by atoms with Crippen LogP contribution in [0.5, 0.6) is 11.6 Å². The number of carbonyl (C=O) groups is 1. The van der Waals surface area contributed by atoms with Gasteiger partial charge in [-0.3, -0.25) is 0 Å². The van der Waals surface area contributed by atoms with Crippen LogP contribution in [0.3, 0.4) is 0 Å². The Labute approximate surface area is 169 Å². The lowest BCUT2D eigenvalue weighted by atomic mass is 9.98. The van der Waals surface area contributed by atoms with Crippen molar-refractivity contribution in [2.45, 2.75) is 6.92 Å². The molecule has 6 nitrogen and oxygen atoms in total. The number of ether oxygens (including phenoxy) is 3. The molecule has 0 aliphatic rings. The number of aromatic nitrogens is 1. The van der Waals surface area contributed by atoms with Crippen LogP contribution in [0, 0.1) is 11.3 Å². The minimum atomic E-state index is -0.519. The maximum absolute atomic E-state index is 11.7. The van der Waals surface area contributed by atoms with E-state index in [-0.39, 0.29) is 24.7 Å². The van der Waals surface area contributed by atoms with E-state index in [1.807, 2.05) is 60.7 Å². The summed E-state index contributed by atoms with van der Waals surface area (Å²) in [5, 5.41) is 9.78. The highest BCUT2D eigenvalue weighted by Gasteiger charge is 2.18. The molecule has 0 fully saturated rings. The molecule has 0 N–H and O–H groups in total. The van der Waals surface area contributed by atoms with Crippen molar-refractivity contribution in [2.75, 3.05) is 20.3 Å². The van der Waals surface area contributed by atoms with Gasteiger partial charge in [-0.15, -0.1) is 0 Å². The monoisotopic (exact) mass is 388 g/mol. The van der Waals surface area contributed by atoms with Crippen LogP contribution in [0.1, 0.15) is 12.5 Å². The predicted molar refractivity (Wildman–Crippen MR) is 109 cm³/mol. The SMILES string of the molecule is CCOC(=O)COc1nc(-c2ccccc2)cc(-c2ccc(OC)cc2)c1C#N. The molecule has 2 aromatic carbocycles. The normalized spacial score (nSPS) is 10.1. The van der Waals surface area contributed by atoms with E-state index in [9.17, 15) is 10.1 Å². The third-order valence-corrected chi connectivity index (χ3v) is 4.20. The van der Waals surface area contributed by atoms with Crippen molar-refractivity contribution >= 4 is 5.97 Å². The van der Waals surface area contributed by atoms with Gasteiger partial charge < -0.3 is 14.2 Å². The number of rotatable bonds is 7. The van der Waals surface area contributed by atoms with Gasteiger partial charge in [0.1, 0.15) is 17.4 Å². The highest BCUT2D eigenvalue weighted by molar-refractivity contribution is 5.78. The van der Waals surface area contributed by atoms with Gasteiger partial charge in [0.15, 0.2) is 6.61 Å². The third-order valence-electron chi connectivity index (χ3n) is 4.20. The topological polar surface area (TPSA) is 81.4 Å². The maximum atomic E-state index is 11.7. The van der Waals surface area contributed by atoms with Crippen LogP contribution in [0.15, 0.2) is 60.7 Å². The lowest BCUT2D eigenvalue weighted by molar-refractivity contribution is -0.145. The first-order valence-corrected chi connectivity index (χ1v) is 9.09. The summed E-state index contributed by atoms with van der Waals surface area (Å²) in [7, 11) is 1.59. The number of nitriles is 1. The van der Waals surface area contributed by atoms with E-state index in [2.05, 4.69) is 11.1 Å². The molecule has 1 aromatic heterocycles. The van der Waals surface area contributed by atoms with Crippen molar-refractivity contribution in [1.82, 2.24) is 4.98 Å².